The maximum absolute atomic E-state index is 15.1. The van der Waals surface area contributed by atoms with Crippen LogP contribution in [-0.4, -0.2) is 63.8 Å². The number of nitrogens with one attached hydrogen (secondary N) is 2. The maximum Gasteiger partial charge on any atom is 0.414 e. The van der Waals surface area contributed by atoms with Crippen LogP contribution in [0, 0.1) is 11.7 Å². The summed E-state index contributed by atoms with van der Waals surface area (Å²) < 4.78 is 25.7. The Morgan fingerprint density at radius 1 is 1.14 bits per heavy atom. The number of nitrogens with zero attached hydrogens (tertiary/aromatic N) is 2. The summed E-state index contributed by atoms with van der Waals surface area (Å²) in [5.41, 5.74) is 1.64. The molecule has 2 aliphatic rings. The van der Waals surface area contributed by atoms with Crippen LogP contribution >= 0.6 is 0 Å². The van der Waals surface area contributed by atoms with E-state index >= 15 is 4.39 Å². The van der Waals surface area contributed by atoms with Gasteiger partial charge in [0.05, 0.1) is 24.5 Å². The third kappa shape index (κ3) is 5.93. The highest BCUT2D eigenvalue weighted by Gasteiger charge is 2.33. The van der Waals surface area contributed by atoms with E-state index < -0.39 is 24.1 Å². The van der Waals surface area contributed by atoms with Gasteiger partial charge < -0.3 is 25.0 Å². The van der Waals surface area contributed by atoms with E-state index in [0.717, 1.165) is 12.0 Å². The van der Waals surface area contributed by atoms with Gasteiger partial charge in [-0.3, -0.25) is 14.5 Å². The van der Waals surface area contributed by atoms with Gasteiger partial charge in [0.2, 0.25) is 5.91 Å². The summed E-state index contributed by atoms with van der Waals surface area (Å²) in [7, 11) is 1.51. The quantitative estimate of drug-likeness (QED) is 0.552. The van der Waals surface area contributed by atoms with Crippen molar-refractivity contribution < 1.29 is 28.2 Å². The molecule has 2 heterocycles. The molecule has 0 saturated carbocycles. The summed E-state index contributed by atoms with van der Waals surface area (Å²) >= 11 is 0. The van der Waals surface area contributed by atoms with Crippen LogP contribution in [0.15, 0.2) is 48.5 Å². The molecule has 3 atom stereocenters. The molecule has 0 aromatic heterocycles. The summed E-state index contributed by atoms with van der Waals surface area (Å²) in [6.07, 6.45) is -0.922. The van der Waals surface area contributed by atoms with Crippen LogP contribution in [0.25, 0.3) is 0 Å². The fraction of sp³-hybridized carbons (Fsp3) is 0.423. The van der Waals surface area contributed by atoms with E-state index in [2.05, 4.69) is 10.6 Å². The van der Waals surface area contributed by atoms with Gasteiger partial charge in [0.25, 0.3) is 5.91 Å². The minimum Gasteiger partial charge on any atom is -0.442 e. The molecule has 36 heavy (non-hydrogen) atoms. The number of halogens is 1. The van der Waals surface area contributed by atoms with Crippen LogP contribution in [0.5, 0.6) is 0 Å². The number of hydrogen-bond donors (Lipinski definition) is 2. The van der Waals surface area contributed by atoms with Gasteiger partial charge in [-0.1, -0.05) is 30.3 Å². The Kier molecular flexibility index (Phi) is 8.04. The van der Waals surface area contributed by atoms with E-state index in [1.54, 1.807) is 12.1 Å². The van der Waals surface area contributed by atoms with Crippen molar-refractivity contribution in [3.8, 4) is 0 Å². The van der Waals surface area contributed by atoms with Gasteiger partial charge in [0.1, 0.15) is 11.9 Å². The van der Waals surface area contributed by atoms with Crippen molar-refractivity contribution in [2.24, 2.45) is 5.92 Å². The highest BCUT2D eigenvalue weighted by atomic mass is 19.1. The van der Waals surface area contributed by atoms with Crippen LogP contribution in [0.2, 0.25) is 0 Å². The van der Waals surface area contributed by atoms with E-state index in [1.807, 2.05) is 35.2 Å². The summed E-state index contributed by atoms with van der Waals surface area (Å²) in [6, 6.07) is 14.0. The Hall–Kier alpha value is -3.66. The van der Waals surface area contributed by atoms with Crippen molar-refractivity contribution >= 4 is 29.3 Å². The molecule has 10 heteroatoms. The second-order valence-corrected chi connectivity index (χ2v) is 9.06. The largest absolute Gasteiger partial charge is 0.442 e. The molecular formula is C26H31FN4O5. The molecular weight excluding hydrogens is 467 g/mol. The monoisotopic (exact) mass is 498 g/mol. The lowest BCUT2D eigenvalue weighted by atomic mass is 10.1. The Bertz CT molecular complexity index is 1100. The lowest BCUT2D eigenvalue weighted by molar-refractivity contribution is -0.131. The van der Waals surface area contributed by atoms with Gasteiger partial charge >= 0.3 is 6.09 Å². The van der Waals surface area contributed by atoms with Crippen LogP contribution in [0.4, 0.5) is 20.6 Å². The van der Waals surface area contributed by atoms with Crippen molar-refractivity contribution in [2.45, 2.75) is 25.6 Å². The fourth-order valence-corrected chi connectivity index (χ4v) is 4.59. The number of methoxy groups -OCH3 is 1. The highest BCUT2D eigenvalue weighted by Crippen LogP contribution is 2.31. The molecule has 2 aromatic carbocycles. The van der Waals surface area contributed by atoms with Crippen molar-refractivity contribution in [2.75, 3.05) is 49.6 Å². The average molecular weight is 499 g/mol. The molecule has 9 nitrogen and oxygen atoms in total. The molecule has 0 radical (unpaired) electrons. The molecule has 2 unspecified atom stereocenters. The van der Waals surface area contributed by atoms with Crippen LogP contribution < -0.4 is 20.4 Å². The second-order valence-electron chi connectivity index (χ2n) is 9.06. The van der Waals surface area contributed by atoms with Gasteiger partial charge in [0.15, 0.2) is 6.10 Å². The first kappa shape index (κ1) is 25.4. The van der Waals surface area contributed by atoms with Crippen LogP contribution in [0.3, 0.4) is 0 Å². The predicted octanol–water partition coefficient (Wildman–Crippen LogP) is 2.62. The Balaban J connectivity index is 1.31. The minimum absolute atomic E-state index is 0.171. The lowest BCUT2D eigenvalue weighted by Gasteiger charge is -2.22. The van der Waals surface area contributed by atoms with E-state index in [0.29, 0.717) is 31.0 Å². The van der Waals surface area contributed by atoms with Gasteiger partial charge in [0, 0.05) is 33.7 Å². The number of ether oxygens (including phenoxy) is 2. The van der Waals surface area contributed by atoms with Gasteiger partial charge in [-0.2, -0.15) is 0 Å². The zero-order valence-electron chi connectivity index (χ0n) is 20.4. The number of carbonyl (C=O) groups excluding carboxylic acids is 3. The third-order valence-electron chi connectivity index (χ3n) is 6.46. The Labute approximate surface area is 209 Å². The number of rotatable bonds is 9. The molecule has 2 saturated heterocycles. The summed E-state index contributed by atoms with van der Waals surface area (Å²) in [5.74, 6) is -0.673. The molecule has 4 rings (SSSR count). The highest BCUT2D eigenvalue weighted by molar-refractivity contribution is 5.90. The second kappa shape index (κ2) is 11.4. The number of amides is 3. The predicted molar refractivity (Wildman–Crippen MR) is 132 cm³/mol. The zero-order chi connectivity index (χ0) is 25.7. The molecule has 0 bridgehead atoms. The van der Waals surface area contributed by atoms with E-state index in [1.165, 1.54) is 25.0 Å². The van der Waals surface area contributed by atoms with Crippen LogP contribution in [-0.2, 0) is 19.1 Å². The number of hydrogen-bond acceptors (Lipinski definition) is 6. The summed E-state index contributed by atoms with van der Waals surface area (Å²) in [5, 5.41) is 5.58. The maximum atomic E-state index is 15.1. The first-order valence-corrected chi connectivity index (χ1v) is 12.0. The normalized spacial score (nSPS) is 20.2. The van der Waals surface area contributed by atoms with E-state index in [-0.39, 0.29) is 30.8 Å². The molecule has 2 aromatic rings. The first-order chi connectivity index (χ1) is 17.4. The SMILES string of the molecule is CO[C@H](C(=O)NCC1CCN(c2ccc(N3CC(CNC(C)=O)OC3=O)cc2F)C1)c1ccccc1. The number of benzene rings is 2. The third-order valence-corrected chi connectivity index (χ3v) is 6.46. The zero-order valence-corrected chi connectivity index (χ0v) is 20.4. The Morgan fingerprint density at radius 2 is 1.92 bits per heavy atom. The topological polar surface area (TPSA) is 100 Å². The van der Waals surface area contributed by atoms with Crippen molar-refractivity contribution in [1.82, 2.24) is 10.6 Å². The molecule has 0 aliphatic carbocycles. The fourth-order valence-electron chi connectivity index (χ4n) is 4.59. The van der Waals surface area contributed by atoms with E-state index in [4.69, 9.17) is 9.47 Å². The van der Waals surface area contributed by atoms with Crippen LogP contribution in [0.1, 0.15) is 25.0 Å². The minimum atomic E-state index is -0.677. The Morgan fingerprint density at radius 3 is 2.61 bits per heavy atom. The molecule has 2 aliphatic heterocycles. The molecule has 192 valence electrons. The van der Waals surface area contributed by atoms with E-state index in [9.17, 15) is 14.4 Å². The standard InChI is InChI=1S/C26H31FN4O5/c1-17(32)28-14-21-16-31(26(34)36-21)20-8-9-23(22(27)12-20)30-11-10-18(15-30)13-29-25(33)24(35-2)19-6-4-3-5-7-19/h3-9,12,18,21,24H,10-11,13-16H2,1-2H3,(H,28,32)(H,29,33)/t18?,21?,24-/m0/s1. The molecule has 3 amide bonds. The number of cyclic esters (lactones) is 1. The molecule has 0 spiro atoms. The van der Waals surface area contributed by atoms with Gasteiger partial charge in [-0.25, -0.2) is 9.18 Å². The van der Waals surface area contributed by atoms with Gasteiger partial charge in [-0.05, 0) is 36.1 Å². The molecule has 2 N–H and O–H groups in total. The van der Waals surface area contributed by atoms with Gasteiger partial charge in [-0.15, -0.1) is 0 Å². The van der Waals surface area contributed by atoms with Crippen molar-refractivity contribution in [1.29, 1.82) is 0 Å². The summed E-state index contributed by atoms with van der Waals surface area (Å²) in [6.45, 7) is 3.56. The number of anilines is 2. The lowest BCUT2D eigenvalue weighted by Crippen LogP contribution is -2.35. The first-order valence-electron chi connectivity index (χ1n) is 12.0. The van der Waals surface area contributed by atoms with Crippen molar-refractivity contribution in [3.63, 3.8) is 0 Å². The summed E-state index contributed by atoms with van der Waals surface area (Å²) in [4.78, 5) is 39.3. The average Bonchev–Trinajstić information content (AvgIpc) is 3.49. The smallest absolute Gasteiger partial charge is 0.414 e. The number of carbonyl (C=O) groups is 3. The molecule has 2 fully saturated rings. The van der Waals surface area contributed by atoms with Crippen molar-refractivity contribution in [3.05, 3.63) is 59.9 Å².